The van der Waals surface area contributed by atoms with Gasteiger partial charge >= 0.3 is 0 Å². The zero-order valence-corrected chi connectivity index (χ0v) is 11.3. The lowest BCUT2D eigenvalue weighted by atomic mass is 10.1. The maximum Gasteiger partial charge on any atom is 0.137 e. The molecule has 1 aliphatic heterocycles. The highest BCUT2D eigenvalue weighted by molar-refractivity contribution is 5.57. The monoisotopic (exact) mass is 250 g/mol. The molecule has 1 fully saturated rings. The third kappa shape index (κ3) is 2.41. The summed E-state index contributed by atoms with van der Waals surface area (Å²) in [5.74, 6) is 2.91. The maximum atomic E-state index is 9.21. The minimum Gasteiger partial charge on any atom is -0.396 e. The summed E-state index contributed by atoms with van der Waals surface area (Å²) < 4.78 is 0. The second-order valence-electron chi connectivity index (χ2n) is 5.35. The van der Waals surface area contributed by atoms with E-state index in [1.807, 2.05) is 6.92 Å². The van der Waals surface area contributed by atoms with Gasteiger partial charge in [0.25, 0.3) is 0 Å². The molecule has 100 valence electrons. The average Bonchev–Trinajstić information content (AvgIpc) is 2.80. The number of nitrogen functional groups attached to an aromatic ring is 1. The van der Waals surface area contributed by atoms with Crippen LogP contribution in [0.15, 0.2) is 0 Å². The molecule has 3 N–H and O–H groups in total. The first kappa shape index (κ1) is 13.1. The Morgan fingerprint density at radius 1 is 1.44 bits per heavy atom. The van der Waals surface area contributed by atoms with Gasteiger partial charge in [-0.1, -0.05) is 13.8 Å². The lowest BCUT2D eigenvalue weighted by Crippen LogP contribution is -2.24. The van der Waals surface area contributed by atoms with E-state index in [2.05, 4.69) is 28.7 Å². The van der Waals surface area contributed by atoms with Crippen molar-refractivity contribution < 1.29 is 5.11 Å². The van der Waals surface area contributed by atoms with E-state index < -0.39 is 0 Å². The molecular formula is C13H22N4O. The zero-order chi connectivity index (χ0) is 13.3. The number of aliphatic hydroxyl groups is 1. The molecule has 0 amide bonds. The Hall–Kier alpha value is -1.36. The van der Waals surface area contributed by atoms with E-state index in [0.717, 1.165) is 36.7 Å². The molecule has 0 radical (unpaired) electrons. The van der Waals surface area contributed by atoms with Gasteiger partial charge < -0.3 is 15.7 Å². The van der Waals surface area contributed by atoms with E-state index in [1.165, 1.54) is 0 Å². The second kappa shape index (κ2) is 5.10. The molecule has 0 saturated carbocycles. The molecule has 1 aliphatic rings. The van der Waals surface area contributed by atoms with Gasteiger partial charge in [-0.3, -0.25) is 0 Å². The fourth-order valence-electron chi connectivity index (χ4n) is 2.28. The number of anilines is 2. The van der Waals surface area contributed by atoms with Crippen LogP contribution < -0.4 is 10.6 Å². The highest BCUT2D eigenvalue weighted by Gasteiger charge is 2.25. The van der Waals surface area contributed by atoms with Crippen molar-refractivity contribution in [3.63, 3.8) is 0 Å². The van der Waals surface area contributed by atoms with Gasteiger partial charge in [0, 0.05) is 37.1 Å². The zero-order valence-electron chi connectivity index (χ0n) is 11.3. The average molecular weight is 250 g/mol. The second-order valence-corrected chi connectivity index (χ2v) is 5.35. The van der Waals surface area contributed by atoms with Crippen molar-refractivity contribution in [1.29, 1.82) is 0 Å². The van der Waals surface area contributed by atoms with E-state index >= 15 is 0 Å². The smallest absolute Gasteiger partial charge is 0.137 e. The van der Waals surface area contributed by atoms with Crippen molar-refractivity contribution in [3.8, 4) is 0 Å². The van der Waals surface area contributed by atoms with Crippen molar-refractivity contribution in [1.82, 2.24) is 9.97 Å². The van der Waals surface area contributed by atoms with Crippen LogP contribution in [0.4, 0.5) is 11.6 Å². The summed E-state index contributed by atoms with van der Waals surface area (Å²) >= 11 is 0. The van der Waals surface area contributed by atoms with Crippen LogP contribution in [-0.2, 0) is 0 Å². The van der Waals surface area contributed by atoms with Gasteiger partial charge in [0.2, 0.25) is 0 Å². The van der Waals surface area contributed by atoms with Crippen molar-refractivity contribution in [2.45, 2.75) is 33.1 Å². The lowest BCUT2D eigenvalue weighted by molar-refractivity contribution is 0.238. The molecule has 0 aliphatic carbocycles. The molecular weight excluding hydrogens is 228 g/mol. The van der Waals surface area contributed by atoms with Crippen molar-refractivity contribution in [2.24, 2.45) is 5.92 Å². The number of nitrogens with zero attached hydrogens (tertiary/aromatic N) is 3. The van der Waals surface area contributed by atoms with Crippen LogP contribution in [0.2, 0.25) is 0 Å². The van der Waals surface area contributed by atoms with Crippen molar-refractivity contribution in [3.05, 3.63) is 11.4 Å². The summed E-state index contributed by atoms with van der Waals surface area (Å²) in [5.41, 5.74) is 6.91. The number of aromatic nitrogens is 2. The number of hydrogen-bond donors (Lipinski definition) is 2. The standard InChI is InChI=1S/C13H22N4O/c1-8(2)12-15-11(14)9(3)13(16-12)17-5-4-10(6-17)7-18/h8,10,18H,4-7H2,1-3H3,(H2,14,15,16). The number of aliphatic hydroxyl groups excluding tert-OH is 1. The quantitative estimate of drug-likeness (QED) is 0.846. The van der Waals surface area contributed by atoms with Gasteiger partial charge in [-0.05, 0) is 13.3 Å². The molecule has 2 rings (SSSR count). The summed E-state index contributed by atoms with van der Waals surface area (Å²) in [6, 6.07) is 0. The Labute approximate surface area is 108 Å². The first-order valence-electron chi connectivity index (χ1n) is 6.52. The Bertz CT molecular complexity index is 433. The molecule has 1 unspecified atom stereocenters. The molecule has 1 aromatic rings. The summed E-state index contributed by atoms with van der Waals surface area (Å²) in [6.45, 7) is 8.11. The van der Waals surface area contributed by atoms with Crippen LogP contribution in [-0.4, -0.2) is 34.8 Å². The van der Waals surface area contributed by atoms with Gasteiger partial charge in [0.15, 0.2) is 0 Å². The van der Waals surface area contributed by atoms with Crippen LogP contribution in [0.3, 0.4) is 0 Å². The minimum atomic E-state index is 0.243. The highest BCUT2D eigenvalue weighted by atomic mass is 16.3. The molecule has 1 saturated heterocycles. The van der Waals surface area contributed by atoms with Crippen LogP contribution in [0, 0.1) is 12.8 Å². The minimum absolute atomic E-state index is 0.243. The number of hydrogen-bond acceptors (Lipinski definition) is 5. The van der Waals surface area contributed by atoms with Crippen molar-refractivity contribution >= 4 is 11.6 Å². The Morgan fingerprint density at radius 2 is 2.17 bits per heavy atom. The Morgan fingerprint density at radius 3 is 2.72 bits per heavy atom. The topological polar surface area (TPSA) is 75.3 Å². The van der Waals surface area contributed by atoms with Gasteiger partial charge in [-0.25, -0.2) is 9.97 Å². The van der Waals surface area contributed by atoms with E-state index in [4.69, 9.17) is 5.73 Å². The Balaban J connectivity index is 2.32. The largest absolute Gasteiger partial charge is 0.396 e. The van der Waals surface area contributed by atoms with E-state index in [1.54, 1.807) is 0 Å². The van der Waals surface area contributed by atoms with E-state index in [0.29, 0.717) is 11.7 Å². The normalized spacial score (nSPS) is 19.8. The SMILES string of the molecule is Cc1c(N)nc(C(C)C)nc1N1CCC(CO)C1. The summed E-state index contributed by atoms with van der Waals surface area (Å²) in [6.07, 6.45) is 1.01. The summed E-state index contributed by atoms with van der Waals surface area (Å²) in [4.78, 5) is 11.2. The van der Waals surface area contributed by atoms with Gasteiger partial charge in [0.05, 0.1) is 0 Å². The predicted octanol–water partition coefficient (Wildman–Crippen LogP) is 1.31. The lowest BCUT2D eigenvalue weighted by Gasteiger charge is -2.21. The molecule has 0 spiro atoms. The number of nitrogens with two attached hydrogens (primary N) is 1. The van der Waals surface area contributed by atoms with E-state index in [9.17, 15) is 5.11 Å². The van der Waals surface area contributed by atoms with E-state index in [-0.39, 0.29) is 12.5 Å². The molecule has 1 aromatic heterocycles. The van der Waals surface area contributed by atoms with Crippen LogP contribution in [0.1, 0.15) is 37.6 Å². The molecule has 1 atom stereocenters. The van der Waals surface area contributed by atoms with Crippen molar-refractivity contribution in [2.75, 3.05) is 30.3 Å². The first-order chi connectivity index (χ1) is 8.52. The third-order valence-electron chi connectivity index (χ3n) is 3.54. The molecule has 2 heterocycles. The third-order valence-corrected chi connectivity index (χ3v) is 3.54. The van der Waals surface area contributed by atoms with Crippen LogP contribution >= 0.6 is 0 Å². The van der Waals surface area contributed by atoms with Crippen LogP contribution in [0.25, 0.3) is 0 Å². The summed E-state index contributed by atoms with van der Waals surface area (Å²) in [5, 5.41) is 9.21. The predicted molar refractivity (Wildman–Crippen MR) is 72.7 cm³/mol. The van der Waals surface area contributed by atoms with Crippen LogP contribution in [0.5, 0.6) is 0 Å². The van der Waals surface area contributed by atoms with Gasteiger partial charge in [0.1, 0.15) is 17.5 Å². The maximum absolute atomic E-state index is 9.21. The van der Waals surface area contributed by atoms with Gasteiger partial charge in [-0.15, -0.1) is 0 Å². The highest BCUT2D eigenvalue weighted by Crippen LogP contribution is 2.28. The molecule has 0 bridgehead atoms. The number of rotatable bonds is 3. The molecule has 5 heteroatoms. The fourth-order valence-corrected chi connectivity index (χ4v) is 2.28. The Kier molecular flexibility index (Phi) is 3.71. The molecule has 18 heavy (non-hydrogen) atoms. The fraction of sp³-hybridized carbons (Fsp3) is 0.692. The molecule has 5 nitrogen and oxygen atoms in total. The van der Waals surface area contributed by atoms with Gasteiger partial charge in [-0.2, -0.15) is 0 Å². The summed E-state index contributed by atoms with van der Waals surface area (Å²) in [7, 11) is 0. The first-order valence-corrected chi connectivity index (χ1v) is 6.52. The molecule has 0 aromatic carbocycles.